The van der Waals surface area contributed by atoms with E-state index in [1.807, 2.05) is 0 Å². The third-order valence-electron chi connectivity index (χ3n) is 6.54. The lowest BCUT2D eigenvalue weighted by atomic mass is 9.87. The number of rotatable bonds is 6. The van der Waals surface area contributed by atoms with E-state index in [1.165, 1.54) is 12.8 Å². The predicted molar refractivity (Wildman–Crippen MR) is 89.4 cm³/mol. The predicted octanol–water partition coefficient (Wildman–Crippen LogP) is 3.95. The Morgan fingerprint density at radius 1 is 0.792 bits per heavy atom. The Bertz CT molecular complexity index is 624. The van der Waals surface area contributed by atoms with Gasteiger partial charge >= 0.3 is 11.9 Å². The van der Waals surface area contributed by atoms with Gasteiger partial charge in [-0.05, 0) is 62.2 Å². The van der Waals surface area contributed by atoms with Crippen LogP contribution in [0, 0.1) is 23.7 Å². The van der Waals surface area contributed by atoms with Gasteiger partial charge in [0.05, 0.1) is 11.1 Å². The number of aliphatic carboxylic acids is 2. The molecule has 0 radical (unpaired) electrons. The monoisotopic (exact) mass is 328 g/mol. The molecule has 128 valence electrons. The molecule has 0 aromatic rings. The highest BCUT2D eigenvalue weighted by molar-refractivity contribution is 5.99. The van der Waals surface area contributed by atoms with E-state index in [0.717, 1.165) is 36.8 Å². The molecule has 0 aromatic carbocycles. The molecule has 0 aliphatic heterocycles. The fourth-order valence-corrected chi connectivity index (χ4v) is 5.32. The Balaban J connectivity index is 1.61. The fraction of sp³-hybridized carbons (Fsp3) is 0.600. The van der Waals surface area contributed by atoms with E-state index in [1.54, 1.807) is 0 Å². The number of fused-ring (bicyclic) bond motifs is 4. The van der Waals surface area contributed by atoms with Gasteiger partial charge in [-0.2, -0.15) is 0 Å². The number of allylic oxidation sites excluding steroid dienone is 4. The van der Waals surface area contributed by atoms with Gasteiger partial charge in [0.1, 0.15) is 0 Å². The summed E-state index contributed by atoms with van der Waals surface area (Å²) in [4.78, 5) is 23.6. The average Bonchev–Trinajstić information content (AvgIpc) is 3.29. The largest absolute Gasteiger partial charge is 0.478 e. The Labute approximate surface area is 141 Å². The van der Waals surface area contributed by atoms with Crippen molar-refractivity contribution in [2.24, 2.45) is 23.7 Å². The van der Waals surface area contributed by atoms with E-state index >= 15 is 0 Å². The zero-order valence-electron chi connectivity index (χ0n) is 13.8. The molecule has 4 aliphatic carbocycles. The molecule has 4 bridgehead atoms. The third kappa shape index (κ3) is 2.72. The molecule has 0 amide bonds. The van der Waals surface area contributed by atoms with Gasteiger partial charge in [0.25, 0.3) is 0 Å². The van der Waals surface area contributed by atoms with E-state index in [9.17, 15) is 19.8 Å². The minimum absolute atomic E-state index is 0.102. The highest BCUT2D eigenvalue weighted by Crippen LogP contribution is 2.48. The number of carboxylic acids is 2. The van der Waals surface area contributed by atoms with Crippen molar-refractivity contribution in [2.45, 2.75) is 51.4 Å². The summed E-state index contributed by atoms with van der Waals surface area (Å²) in [6.07, 6.45) is 11.9. The van der Waals surface area contributed by atoms with Crippen LogP contribution < -0.4 is 0 Å². The van der Waals surface area contributed by atoms with Crippen LogP contribution >= 0.6 is 0 Å². The average molecular weight is 328 g/mol. The van der Waals surface area contributed by atoms with Crippen molar-refractivity contribution < 1.29 is 19.8 Å². The molecular formula is C20H24O4. The Hall–Kier alpha value is -1.84. The van der Waals surface area contributed by atoms with Crippen molar-refractivity contribution in [3.8, 4) is 0 Å². The van der Waals surface area contributed by atoms with Crippen LogP contribution in [0.25, 0.3) is 0 Å². The lowest BCUT2D eigenvalue weighted by molar-refractivity contribution is -0.136. The van der Waals surface area contributed by atoms with Gasteiger partial charge in [-0.15, -0.1) is 0 Å². The first-order valence-electron chi connectivity index (χ1n) is 9.11. The summed E-state index contributed by atoms with van der Waals surface area (Å²) < 4.78 is 0. The minimum atomic E-state index is -1.07. The van der Waals surface area contributed by atoms with Crippen LogP contribution in [0.15, 0.2) is 34.4 Å². The van der Waals surface area contributed by atoms with Gasteiger partial charge in [0.15, 0.2) is 0 Å². The Morgan fingerprint density at radius 2 is 1.21 bits per heavy atom. The quantitative estimate of drug-likeness (QED) is 0.572. The number of hydrogen-bond donors (Lipinski definition) is 2. The van der Waals surface area contributed by atoms with Gasteiger partial charge in [-0.1, -0.05) is 23.3 Å². The molecular weight excluding hydrogens is 304 g/mol. The summed E-state index contributed by atoms with van der Waals surface area (Å²) in [5.74, 6) is -0.0231. The Kier molecular flexibility index (Phi) is 3.86. The number of carboxylic acid groups (broad SMARTS) is 2. The molecule has 2 saturated carbocycles. The summed E-state index contributed by atoms with van der Waals surface area (Å²) >= 11 is 0. The van der Waals surface area contributed by atoms with Gasteiger partial charge < -0.3 is 10.2 Å². The summed E-state index contributed by atoms with van der Waals surface area (Å²) in [5, 5.41) is 19.3. The molecule has 0 heterocycles. The van der Waals surface area contributed by atoms with Crippen molar-refractivity contribution in [3.05, 3.63) is 34.4 Å². The van der Waals surface area contributed by atoms with Crippen molar-refractivity contribution in [1.82, 2.24) is 0 Å². The topological polar surface area (TPSA) is 74.6 Å². The van der Waals surface area contributed by atoms with Gasteiger partial charge in [0, 0.05) is 12.8 Å². The van der Waals surface area contributed by atoms with E-state index in [-0.39, 0.29) is 11.1 Å². The molecule has 0 aromatic heterocycles. The number of carbonyl (C=O) groups is 2. The minimum Gasteiger partial charge on any atom is -0.478 e. The number of hydrogen-bond acceptors (Lipinski definition) is 2. The summed E-state index contributed by atoms with van der Waals surface area (Å²) in [6.45, 7) is 0. The molecule has 2 fully saturated rings. The summed E-state index contributed by atoms with van der Waals surface area (Å²) in [7, 11) is 0. The highest BCUT2D eigenvalue weighted by atomic mass is 16.4. The molecule has 4 atom stereocenters. The van der Waals surface area contributed by atoms with Gasteiger partial charge in [-0.3, -0.25) is 0 Å². The zero-order chi connectivity index (χ0) is 16.8. The molecule has 2 N–H and O–H groups in total. The van der Waals surface area contributed by atoms with E-state index < -0.39 is 11.9 Å². The molecule has 24 heavy (non-hydrogen) atoms. The second kappa shape index (κ2) is 5.91. The van der Waals surface area contributed by atoms with Crippen molar-refractivity contribution in [2.75, 3.05) is 0 Å². The molecule has 0 saturated heterocycles. The summed E-state index contributed by atoms with van der Waals surface area (Å²) in [5.41, 5.74) is 2.52. The van der Waals surface area contributed by atoms with E-state index in [0.29, 0.717) is 36.5 Å². The van der Waals surface area contributed by atoms with E-state index in [4.69, 9.17) is 0 Å². The van der Waals surface area contributed by atoms with Crippen LogP contribution in [0.4, 0.5) is 0 Å². The molecule has 0 spiro atoms. The first-order valence-corrected chi connectivity index (χ1v) is 9.11. The van der Waals surface area contributed by atoms with Crippen LogP contribution in [0.5, 0.6) is 0 Å². The first-order chi connectivity index (χ1) is 11.5. The smallest absolute Gasteiger partial charge is 0.332 e. The van der Waals surface area contributed by atoms with Crippen LogP contribution in [0.3, 0.4) is 0 Å². The SMILES string of the molecule is O=C(O)C(CC1=CC2CCC1C2)=C(CC1=CC2CCC1C2)C(=O)O. The summed E-state index contributed by atoms with van der Waals surface area (Å²) in [6, 6.07) is 0. The zero-order valence-corrected chi connectivity index (χ0v) is 13.8. The lowest BCUT2D eigenvalue weighted by Gasteiger charge is -2.18. The maximum atomic E-state index is 11.8. The van der Waals surface area contributed by atoms with Gasteiger partial charge in [-0.25, -0.2) is 9.59 Å². The third-order valence-corrected chi connectivity index (χ3v) is 6.54. The second-order valence-electron chi connectivity index (χ2n) is 7.94. The molecule has 4 aliphatic rings. The molecule has 4 nitrogen and oxygen atoms in total. The first kappa shape index (κ1) is 15.7. The van der Waals surface area contributed by atoms with Crippen LogP contribution in [-0.2, 0) is 9.59 Å². The molecule has 4 heteroatoms. The van der Waals surface area contributed by atoms with Crippen molar-refractivity contribution in [1.29, 1.82) is 0 Å². The van der Waals surface area contributed by atoms with Crippen molar-refractivity contribution >= 4 is 11.9 Å². The van der Waals surface area contributed by atoms with Crippen molar-refractivity contribution in [3.63, 3.8) is 0 Å². The highest BCUT2D eigenvalue weighted by Gasteiger charge is 2.36. The standard InChI is InChI=1S/C20H24O4/c21-19(22)17(9-15-7-11-1-3-13(15)5-11)18(20(23)24)10-16-8-12-2-4-14(16)6-12/h7-8,11-14H,1-6,9-10H2,(H,21,22)(H,23,24). The maximum absolute atomic E-state index is 11.8. The second-order valence-corrected chi connectivity index (χ2v) is 7.94. The van der Waals surface area contributed by atoms with Crippen LogP contribution in [0.2, 0.25) is 0 Å². The van der Waals surface area contributed by atoms with Crippen LogP contribution in [-0.4, -0.2) is 22.2 Å². The van der Waals surface area contributed by atoms with Crippen LogP contribution in [0.1, 0.15) is 51.4 Å². The molecule has 4 rings (SSSR count). The lowest BCUT2D eigenvalue weighted by Crippen LogP contribution is -2.15. The van der Waals surface area contributed by atoms with Gasteiger partial charge in [0.2, 0.25) is 0 Å². The fourth-order valence-electron chi connectivity index (χ4n) is 5.32. The van der Waals surface area contributed by atoms with E-state index in [2.05, 4.69) is 12.2 Å². The normalized spacial score (nSPS) is 34.2. The molecule has 4 unspecified atom stereocenters. The Morgan fingerprint density at radius 3 is 1.46 bits per heavy atom. The maximum Gasteiger partial charge on any atom is 0.332 e.